The second-order valence-corrected chi connectivity index (χ2v) is 5.21. The van der Waals surface area contributed by atoms with Crippen molar-refractivity contribution >= 4 is 34.9 Å². The lowest BCUT2D eigenvalue weighted by Gasteiger charge is -2.08. The van der Waals surface area contributed by atoms with Gasteiger partial charge in [0.05, 0.1) is 21.3 Å². The Morgan fingerprint density at radius 1 is 1.25 bits per heavy atom. The molecule has 0 aliphatic heterocycles. The second-order valence-electron chi connectivity index (χ2n) is 4.43. The number of hydrogen-bond acceptors (Lipinski definition) is 3. The third kappa shape index (κ3) is 3.44. The highest BCUT2D eigenvalue weighted by Crippen LogP contribution is 2.29. The van der Waals surface area contributed by atoms with Crippen LogP contribution in [-0.2, 0) is 11.3 Å². The normalized spacial score (nSPS) is 10.3. The van der Waals surface area contributed by atoms with E-state index in [0.717, 1.165) is 11.1 Å². The maximum Gasteiger partial charge on any atom is 0.338 e. The molecule has 0 aromatic heterocycles. The van der Waals surface area contributed by atoms with Gasteiger partial charge < -0.3 is 10.5 Å². The predicted octanol–water partition coefficient (Wildman–Crippen LogP) is 4.24. The maximum atomic E-state index is 11.9. The van der Waals surface area contributed by atoms with Gasteiger partial charge in [0, 0.05) is 0 Å². The van der Waals surface area contributed by atoms with Gasteiger partial charge in [-0.2, -0.15) is 0 Å². The molecule has 0 spiro atoms. The average molecular weight is 310 g/mol. The van der Waals surface area contributed by atoms with Crippen molar-refractivity contribution in [1.82, 2.24) is 0 Å². The van der Waals surface area contributed by atoms with Gasteiger partial charge in [0.25, 0.3) is 0 Å². The molecule has 0 atom stereocenters. The average Bonchev–Trinajstić information content (AvgIpc) is 2.41. The number of halogens is 2. The summed E-state index contributed by atoms with van der Waals surface area (Å²) in [5, 5.41) is 0.469. The summed E-state index contributed by atoms with van der Waals surface area (Å²) in [6.45, 7) is 2.17. The summed E-state index contributed by atoms with van der Waals surface area (Å²) in [5.41, 5.74) is 8.23. The fraction of sp³-hybridized carbons (Fsp3) is 0.133. The number of hydrogen-bond donors (Lipinski definition) is 1. The van der Waals surface area contributed by atoms with E-state index in [-0.39, 0.29) is 27.9 Å². The summed E-state index contributed by atoms with van der Waals surface area (Å²) >= 11 is 11.7. The molecule has 5 heteroatoms. The molecular formula is C15H13Cl2NO2. The Labute approximate surface area is 127 Å². The highest BCUT2D eigenvalue weighted by molar-refractivity contribution is 6.43. The molecule has 3 nitrogen and oxygen atoms in total. The molecule has 0 heterocycles. The van der Waals surface area contributed by atoms with Gasteiger partial charge >= 0.3 is 5.97 Å². The minimum atomic E-state index is -0.489. The zero-order valence-electron chi connectivity index (χ0n) is 10.8. The quantitative estimate of drug-likeness (QED) is 0.681. The highest BCUT2D eigenvalue weighted by Gasteiger charge is 2.12. The SMILES string of the molecule is Cc1cccc(COC(=O)c2cc(N)c(Cl)c(Cl)c2)c1. The molecule has 0 aliphatic rings. The number of carbonyl (C=O) groups is 1. The molecule has 2 aromatic carbocycles. The largest absolute Gasteiger partial charge is 0.457 e. The Morgan fingerprint density at radius 3 is 2.65 bits per heavy atom. The van der Waals surface area contributed by atoms with Crippen molar-refractivity contribution in [2.45, 2.75) is 13.5 Å². The molecule has 0 saturated heterocycles. The van der Waals surface area contributed by atoms with Crippen molar-refractivity contribution in [2.24, 2.45) is 0 Å². The number of aryl methyl sites for hydroxylation is 1. The van der Waals surface area contributed by atoms with Crippen LogP contribution in [0, 0.1) is 6.92 Å². The standard InChI is InChI=1S/C15H13Cl2NO2/c1-9-3-2-4-10(5-9)8-20-15(19)11-6-12(16)14(17)13(18)7-11/h2-7H,8,18H2,1H3. The van der Waals surface area contributed by atoms with E-state index in [1.165, 1.54) is 12.1 Å². The Balaban J connectivity index is 2.09. The van der Waals surface area contributed by atoms with Crippen LogP contribution in [0.2, 0.25) is 10.0 Å². The van der Waals surface area contributed by atoms with E-state index in [1.807, 2.05) is 31.2 Å². The second kappa shape index (κ2) is 6.16. The van der Waals surface area contributed by atoms with Gasteiger partial charge in [0.1, 0.15) is 6.61 Å². The van der Waals surface area contributed by atoms with Gasteiger partial charge in [-0.05, 0) is 24.6 Å². The topological polar surface area (TPSA) is 52.3 Å². The number of nitrogen functional groups attached to an aromatic ring is 1. The number of benzene rings is 2. The number of ether oxygens (including phenoxy) is 1. The van der Waals surface area contributed by atoms with Crippen LogP contribution in [0.1, 0.15) is 21.5 Å². The number of rotatable bonds is 3. The van der Waals surface area contributed by atoms with Crippen molar-refractivity contribution in [2.75, 3.05) is 5.73 Å². The number of anilines is 1. The van der Waals surface area contributed by atoms with Crippen LogP contribution in [0.3, 0.4) is 0 Å². The molecule has 0 fully saturated rings. The fourth-order valence-corrected chi connectivity index (χ4v) is 2.10. The molecule has 20 heavy (non-hydrogen) atoms. The third-order valence-corrected chi connectivity index (χ3v) is 3.56. The van der Waals surface area contributed by atoms with Gasteiger partial charge in [0.2, 0.25) is 0 Å². The van der Waals surface area contributed by atoms with Crippen LogP contribution in [0.15, 0.2) is 36.4 Å². The van der Waals surface area contributed by atoms with E-state index < -0.39 is 5.97 Å². The highest BCUT2D eigenvalue weighted by atomic mass is 35.5. The van der Waals surface area contributed by atoms with Crippen LogP contribution in [0.25, 0.3) is 0 Å². The molecular weight excluding hydrogens is 297 g/mol. The first kappa shape index (κ1) is 14.7. The summed E-state index contributed by atoms with van der Waals surface area (Å²) < 4.78 is 5.22. The monoisotopic (exact) mass is 309 g/mol. The van der Waals surface area contributed by atoms with Crippen LogP contribution in [0.5, 0.6) is 0 Å². The summed E-state index contributed by atoms with van der Waals surface area (Å²) in [6, 6.07) is 10.6. The fourth-order valence-electron chi connectivity index (χ4n) is 1.76. The van der Waals surface area contributed by atoms with Crippen LogP contribution in [-0.4, -0.2) is 5.97 Å². The first-order chi connectivity index (χ1) is 9.47. The first-order valence-corrected chi connectivity index (χ1v) is 6.70. The van der Waals surface area contributed by atoms with E-state index in [2.05, 4.69) is 0 Å². The van der Waals surface area contributed by atoms with Crippen LogP contribution >= 0.6 is 23.2 Å². The number of nitrogens with two attached hydrogens (primary N) is 1. The molecule has 2 N–H and O–H groups in total. The molecule has 2 rings (SSSR count). The van der Waals surface area contributed by atoms with Crippen molar-refractivity contribution in [1.29, 1.82) is 0 Å². The van der Waals surface area contributed by atoms with Crippen molar-refractivity contribution in [3.63, 3.8) is 0 Å². The minimum Gasteiger partial charge on any atom is -0.457 e. The molecule has 0 radical (unpaired) electrons. The maximum absolute atomic E-state index is 11.9. The minimum absolute atomic E-state index is 0.195. The zero-order chi connectivity index (χ0) is 14.7. The van der Waals surface area contributed by atoms with Gasteiger partial charge in [-0.3, -0.25) is 0 Å². The first-order valence-electron chi connectivity index (χ1n) is 5.94. The van der Waals surface area contributed by atoms with E-state index in [1.54, 1.807) is 0 Å². The molecule has 0 unspecified atom stereocenters. The summed E-state index contributed by atoms with van der Waals surface area (Å²) in [5.74, 6) is -0.489. The molecule has 0 amide bonds. The van der Waals surface area contributed by atoms with Gasteiger partial charge in [-0.15, -0.1) is 0 Å². The molecule has 0 bridgehead atoms. The van der Waals surface area contributed by atoms with Crippen molar-refractivity contribution in [3.8, 4) is 0 Å². The molecule has 104 valence electrons. The van der Waals surface area contributed by atoms with Crippen molar-refractivity contribution < 1.29 is 9.53 Å². The number of esters is 1. The molecule has 0 saturated carbocycles. The van der Waals surface area contributed by atoms with E-state index in [4.69, 9.17) is 33.7 Å². The molecule has 0 aliphatic carbocycles. The Hall–Kier alpha value is -1.71. The van der Waals surface area contributed by atoms with Gasteiger partial charge in [-0.25, -0.2) is 4.79 Å². The van der Waals surface area contributed by atoms with Crippen molar-refractivity contribution in [3.05, 3.63) is 63.1 Å². The van der Waals surface area contributed by atoms with Crippen LogP contribution < -0.4 is 5.73 Å². The van der Waals surface area contributed by atoms with Crippen LogP contribution in [0.4, 0.5) is 5.69 Å². The number of carbonyl (C=O) groups excluding carboxylic acids is 1. The van der Waals surface area contributed by atoms with Gasteiger partial charge in [0.15, 0.2) is 0 Å². The smallest absolute Gasteiger partial charge is 0.338 e. The lowest BCUT2D eigenvalue weighted by atomic mass is 10.1. The van der Waals surface area contributed by atoms with E-state index >= 15 is 0 Å². The summed E-state index contributed by atoms with van der Waals surface area (Å²) in [6.07, 6.45) is 0. The Bertz CT molecular complexity index is 633. The third-order valence-electron chi connectivity index (χ3n) is 2.74. The zero-order valence-corrected chi connectivity index (χ0v) is 12.3. The summed E-state index contributed by atoms with van der Waals surface area (Å²) in [4.78, 5) is 11.9. The lowest BCUT2D eigenvalue weighted by Crippen LogP contribution is -2.06. The van der Waals surface area contributed by atoms with Gasteiger partial charge in [-0.1, -0.05) is 53.0 Å². The predicted molar refractivity (Wildman–Crippen MR) is 81.2 cm³/mol. The van der Waals surface area contributed by atoms with E-state index in [9.17, 15) is 4.79 Å². The Morgan fingerprint density at radius 2 is 2.00 bits per heavy atom. The lowest BCUT2D eigenvalue weighted by molar-refractivity contribution is 0.0472. The molecule has 2 aromatic rings. The van der Waals surface area contributed by atoms with E-state index in [0.29, 0.717) is 0 Å². The Kier molecular flexibility index (Phi) is 4.53. The summed E-state index contributed by atoms with van der Waals surface area (Å²) in [7, 11) is 0.